The highest BCUT2D eigenvalue weighted by Gasteiger charge is 2.10. The Morgan fingerprint density at radius 2 is 2.00 bits per heavy atom. The Balaban J connectivity index is 2.54. The number of nitrogens with one attached hydrogen (secondary N) is 1. The van der Waals surface area contributed by atoms with Crippen molar-refractivity contribution < 1.29 is 4.74 Å². The quantitative estimate of drug-likeness (QED) is 0.707. The number of rotatable bonds is 8. The van der Waals surface area contributed by atoms with E-state index in [0.29, 0.717) is 5.92 Å². The summed E-state index contributed by atoms with van der Waals surface area (Å²) in [5, 5.41) is 4.20. The van der Waals surface area contributed by atoms with Crippen molar-refractivity contribution in [2.24, 2.45) is 0 Å². The molecule has 0 spiro atoms. The molecule has 0 aliphatic rings. The third-order valence-corrected chi connectivity index (χ3v) is 3.50. The molecule has 0 aliphatic heterocycles. The van der Waals surface area contributed by atoms with Crippen molar-refractivity contribution in [1.82, 2.24) is 5.32 Å². The molecule has 0 unspecified atom stereocenters. The molecule has 0 amide bonds. The van der Waals surface area contributed by atoms with E-state index in [4.69, 9.17) is 16.3 Å². The van der Waals surface area contributed by atoms with E-state index >= 15 is 0 Å². The van der Waals surface area contributed by atoms with Gasteiger partial charge in [-0.25, -0.2) is 0 Å². The van der Waals surface area contributed by atoms with Crippen molar-refractivity contribution in [3.8, 4) is 5.75 Å². The van der Waals surface area contributed by atoms with Crippen LogP contribution in [0.1, 0.15) is 50.7 Å². The fraction of sp³-hybridized carbons (Fsp3) is 0.625. The smallest absolute Gasteiger partial charge is 0.123 e. The molecule has 0 aliphatic carbocycles. The first kappa shape index (κ1) is 16.3. The van der Waals surface area contributed by atoms with Crippen LogP contribution in [-0.2, 0) is 0 Å². The van der Waals surface area contributed by atoms with Gasteiger partial charge in [0, 0.05) is 5.02 Å². The summed E-state index contributed by atoms with van der Waals surface area (Å²) in [7, 11) is 0. The minimum atomic E-state index is 0.423. The van der Waals surface area contributed by atoms with Gasteiger partial charge in [-0.3, -0.25) is 0 Å². The molecule has 0 aromatic heterocycles. The molecule has 0 heterocycles. The van der Waals surface area contributed by atoms with Crippen molar-refractivity contribution in [2.45, 2.75) is 46.5 Å². The maximum atomic E-state index is 6.18. The van der Waals surface area contributed by atoms with E-state index in [2.05, 4.69) is 32.2 Å². The molecule has 3 heteroatoms. The monoisotopic (exact) mass is 283 g/mol. The number of ether oxygens (including phenoxy) is 1. The average molecular weight is 284 g/mol. The molecular weight excluding hydrogens is 258 g/mol. The molecule has 108 valence electrons. The van der Waals surface area contributed by atoms with E-state index in [-0.39, 0.29) is 0 Å². The normalized spacial score (nSPS) is 11.1. The van der Waals surface area contributed by atoms with Gasteiger partial charge < -0.3 is 10.1 Å². The molecular formula is C16H26ClNO. The van der Waals surface area contributed by atoms with E-state index in [0.717, 1.165) is 42.5 Å². The summed E-state index contributed by atoms with van der Waals surface area (Å²) in [4.78, 5) is 0. The van der Waals surface area contributed by atoms with Crippen LogP contribution in [0.3, 0.4) is 0 Å². The molecule has 0 bridgehead atoms. The van der Waals surface area contributed by atoms with Gasteiger partial charge in [0.15, 0.2) is 0 Å². The van der Waals surface area contributed by atoms with Crippen LogP contribution < -0.4 is 10.1 Å². The third-order valence-electron chi connectivity index (χ3n) is 3.10. The third kappa shape index (κ3) is 5.42. The van der Waals surface area contributed by atoms with Gasteiger partial charge in [0.05, 0.1) is 6.61 Å². The second kappa shape index (κ2) is 8.44. The SMILES string of the molecule is CCCNCCCOc1cc(C)c(Cl)cc1C(C)C. The maximum absolute atomic E-state index is 6.18. The predicted molar refractivity (Wildman–Crippen MR) is 83.6 cm³/mol. The number of benzene rings is 1. The summed E-state index contributed by atoms with van der Waals surface area (Å²) in [5.41, 5.74) is 2.27. The van der Waals surface area contributed by atoms with Crippen LogP contribution >= 0.6 is 11.6 Å². The maximum Gasteiger partial charge on any atom is 0.123 e. The van der Waals surface area contributed by atoms with Crippen LogP contribution in [0.2, 0.25) is 5.02 Å². The zero-order valence-electron chi connectivity index (χ0n) is 12.6. The highest BCUT2D eigenvalue weighted by Crippen LogP contribution is 2.31. The van der Waals surface area contributed by atoms with Gasteiger partial charge in [0.1, 0.15) is 5.75 Å². The Hall–Kier alpha value is -0.730. The molecule has 0 saturated carbocycles. The predicted octanol–water partition coefficient (Wildman–Crippen LogP) is 4.54. The van der Waals surface area contributed by atoms with Gasteiger partial charge in [-0.15, -0.1) is 0 Å². The van der Waals surface area contributed by atoms with Crippen LogP contribution in [0.5, 0.6) is 5.75 Å². The van der Waals surface area contributed by atoms with E-state index in [9.17, 15) is 0 Å². The largest absolute Gasteiger partial charge is 0.493 e. The standard InChI is InChI=1S/C16H26ClNO/c1-5-7-18-8-6-9-19-16-10-13(4)15(17)11-14(16)12(2)3/h10-12,18H,5-9H2,1-4H3. The number of hydrogen-bond acceptors (Lipinski definition) is 2. The Morgan fingerprint density at radius 1 is 1.26 bits per heavy atom. The van der Waals surface area contributed by atoms with Gasteiger partial charge in [0.25, 0.3) is 0 Å². The highest BCUT2D eigenvalue weighted by atomic mass is 35.5. The Bertz CT molecular complexity index is 391. The minimum absolute atomic E-state index is 0.423. The molecule has 2 nitrogen and oxygen atoms in total. The summed E-state index contributed by atoms with van der Waals surface area (Å²) < 4.78 is 5.92. The van der Waals surface area contributed by atoms with E-state index < -0.39 is 0 Å². The zero-order chi connectivity index (χ0) is 14.3. The molecule has 0 fully saturated rings. The zero-order valence-corrected chi connectivity index (χ0v) is 13.3. The molecule has 0 saturated heterocycles. The van der Waals surface area contributed by atoms with Gasteiger partial charge in [0.2, 0.25) is 0 Å². The highest BCUT2D eigenvalue weighted by molar-refractivity contribution is 6.31. The van der Waals surface area contributed by atoms with Crippen molar-refractivity contribution in [3.05, 3.63) is 28.3 Å². The van der Waals surface area contributed by atoms with Crippen LogP contribution in [0, 0.1) is 6.92 Å². The fourth-order valence-corrected chi connectivity index (χ4v) is 2.10. The summed E-state index contributed by atoms with van der Waals surface area (Å²) in [6.45, 7) is 11.4. The summed E-state index contributed by atoms with van der Waals surface area (Å²) in [5.74, 6) is 1.40. The number of hydrogen-bond donors (Lipinski definition) is 1. The van der Waals surface area contributed by atoms with E-state index in [1.807, 2.05) is 13.0 Å². The van der Waals surface area contributed by atoms with Gasteiger partial charge >= 0.3 is 0 Å². The van der Waals surface area contributed by atoms with Crippen molar-refractivity contribution in [2.75, 3.05) is 19.7 Å². The lowest BCUT2D eigenvalue weighted by Crippen LogP contribution is -2.18. The molecule has 0 radical (unpaired) electrons. The number of halogens is 1. The van der Waals surface area contributed by atoms with E-state index in [1.54, 1.807) is 0 Å². The lowest BCUT2D eigenvalue weighted by molar-refractivity contribution is 0.304. The molecule has 1 aromatic rings. The molecule has 0 atom stereocenters. The van der Waals surface area contributed by atoms with Crippen LogP contribution in [0.25, 0.3) is 0 Å². The van der Waals surface area contributed by atoms with Gasteiger partial charge in [-0.2, -0.15) is 0 Å². The summed E-state index contributed by atoms with van der Waals surface area (Å²) in [6.07, 6.45) is 2.20. The molecule has 1 rings (SSSR count). The van der Waals surface area contributed by atoms with E-state index in [1.165, 1.54) is 12.0 Å². The van der Waals surface area contributed by atoms with Crippen LogP contribution in [0.15, 0.2) is 12.1 Å². The molecule has 1 aromatic carbocycles. The first-order valence-electron chi connectivity index (χ1n) is 7.19. The lowest BCUT2D eigenvalue weighted by Gasteiger charge is -2.16. The topological polar surface area (TPSA) is 21.3 Å². The Morgan fingerprint density at radius 3 is 2.63 bits per heavy atom. The van der Waals surface area contributed by atoms with Crippen molar-refractivity contribution >= 4 is 11.6 Å². The second-order valence-electron chi connectivity index (χ2n) is 5.25. The first-order chi connectivity index (χ1) is 9.06. The second-order valence-corrected chi connectivity index (χ2v) is 5.65. The fourth-order valence-electron chi connectivity index (χ4n) is 1.93. The van der Waals surface area contributed by atoms with Crippen molar-refractivity contribution in [3.63, 3.8) is 0 Å². The summed E-state index contributed by atoms with van der Waals surface area (Å²) >= 11 is 6.18. The lowest BCUT2D eigenvalue weighted by atomic mass is 10.0. The summed E-state index contributed by atoms with van der Waals surface area (Å²) in [6, 6.07) is 4.09. The Kier molecular flexibility index (Phi) is 7.25. The average Bonchev–Trinajstić information content (AvgIpc) is 2.37. The van der Waals surface area contributed by atoms with Crippen LogP contribution in [-0.4, -0.2) is 19.7 Å². The van der Waals surface area contributed by atoms with Crippen LogP contribution in [0.4, 0.5) is 0 Å². The van der Waals surface area contributed by atoms with Crippen molar-refractivity contribution in [1.29, 1.82) is 0 Å². The first-order valence-corrected chi connectivity index (χ1v) is 7.57. The minimum Gasteiger partial charge on any atom is -0.493 e. The molecule has 19 heavy (non-hydrogen) atoms. The van der Waals surface area contributed by atoms with Gasteiger partial charge in [-0.1, -0.05) is 32.4 Å². The van der Waals surface area contributed by atoms with Gasteiger partial charge in [-0.05, 0) is 62.0 Å². The molecule has 1 N–H and O–H groups in total. The number of aryl methyl sites for hydroxylation is 1. The Labute approximate surface area is 122 Å².